The predicted octanol–water partition coefficient (Wildman–Crippen LogP) is 3.73. The maximum absolute atomic E-state index is 13.4. The Kier molecular flexibility index (Phi) is 5.60. The molecule has 2 aromatic heterocycles. The van der Waals surface area contributed by atoms with E-state index in [0.717, 1.165) is 10.7 Å². The molecule has 0 aliphatic carbocycles. The average molecular weight is 462 g/mol. The predicted molar refractivity (Wildman–Crippen MR) is 119 cm³/mol. The minimum atomic E-state index is -4.46. The molecule has 0 unspecified atom stereocenters. The third kappa shape index (κ3) is 4.03. The maximum atomic E-state index is 13.4. The Bertz CT molecular complexity index is 1340. The second kappa shape index (κ2) is 8.02. The molecule has 1 aliphatic heterocycles. The van der Waals surface area contributed by atoms with Crippen molar-refractivity contribution < 1.29 is 17.9 Å². The van der Waals surface area contributed by atoms with Crippen LogP contribution in [0.2, 0.25) is 0 Å². The second-order valence-corrected chi connectivity index (χ2v) is 8.77. The van der Waals surface area contributed by atoms with E-state index in [1.165, 1.54) is 26.1 Å². The van der Waals surface area contributed by atoms with Crippen LogP contribution < -0.4 is 16.4 Å². The highest BCUT2D eigenvalue weighted by atomic mass is 19.4. The lowest BCUT2D eigenvalue weighted by Gasteiger charge is -2.26. The van der Waals surface area contributed by atoms with Crippen LogP contribution in [0.5, 0.6) is 0 Å². The first-order chi connectivity index (χ1) is 15.4. The topological polar surface area (TPSA) is 78.2 Å². The van der Waals surface area contributed by atoms with Gasteiger partial charge in [0, 0.05) is 31.3 Å². The van der Waals surface area contributed by atoms with E-state index in [1.807, 2.05) is 6.92 Å². The van der Waals surface area contributed by atoms with E-state index in [0.29, 0.717) is 36.4 Å². The van der Waals surface area contributed by atoms with Gasteiger partial charge in [0.2, 0.25) is 0 Å². The zero-order valence-corrected chi connectivity index (χ0v) is 18.8. The number of fused-ring (bicyclic) bond motifs is 1. The molecule has 10 heteroatoms. The Morgan fingerprint density at radius 2 is 1.97 bits per heavy atom. The van der Waals surface area contributed by atoms with E-state index in [4.69, 9.17) is 4.74 Å². The first-order valence-corrected chi connectivity index (χ1v) is 10.6. The molecule has 0 amide bonds. The van der Waals surface area contributed by atoms with Crippen molar-refractivity contribution in [3.63, 3.8) is 0 Å². The number of pyridine rings is 1. The van der Waals surface area contributed by atoms with Gasteiger partial charge >= 0.3 is 6.18 Å². The summed E-state index contributed by atoms with van der Waals surface area (Å²) in [5.41, 5.74) is -1.45. The molecule has 0 bridgehead atoms. The van der Waals surface area contributed by atoms with Gasteiger partial charge in [-0.15, -0.1) is 0 Å². The highest BCUT2D eigenvalue weighted by molar-refractivity contribution is 5.90. The molecule has 1 N–H and O–H groups in total. The number of nitrogens with one attached hydrogen (secondary N) is 1. The van der Waals surface area contributed by atoms with E-state index in [-0.39, 0.29) is 16.5 Å². The maximum Gasteiger partial charge on any atom is 0.416 e. The van der Waals surface area contributed by atoms with Crippen molar-refractivity contribution >= 4 is 16.6 Å². The molecule has 3 heterocycles. The third-order valence-electron chi connectivity index (χ3n) is 6.36. The number of ether oxygens (including phenoxy) is 1. The number of benzene rings is 1. The molecule has 0 radical (unpaired) electrons. The molecule has 2 atom stereocenters. The summed E-state index contributed by atoms with van der Waals surface area (Å²) in [5, 5.41) is 8.07. The monoisotopic (exact) mass is 462 g/mol. The summed E-state index contributed by atoms with van der Waals surface area (Å²) in [4.78, 5) is 25.5. The highest BCUT2D eigenvalue weighted by Gasteiger charge is 2.34. The van der Waals surface area contributed by atoms with Gasteiger partial charge in [-0.2, -0.15) is 18.3 Å². The van der Waals surface area contributed by atoms with Crippen LogP contribution >= 0.6 is 0 Å². The number of hydrogen-bond acceptors (Lipinski definition) is 5. The summed E-state index contributed by atoms with van der Waals surface area (Å²) in [7, 11) is 1.46. The van der Waals surface area contributed by atoms with Gasteiger partial charge in [-0.05, 0) is 44.4 Å². The van der Waals surface area contributed by atoms with E-state index in [9.17, 15) is 22.8 Å². The van der Waals surface area contributed by atoms with Gasteiger partial charge in [-0.3, -0.25) is 9.59 Å². The Hall–Kier alpha value is -3.14. The lowest BCUT2D eigenvalue weighted by Crippen LogP contribution is -2.39. The molecular formula is C23H25F3N4O3. The molecule has 4 rings (SSSR count). The molecule has 1 saturated heterocycles. The number of alkyl halides is 3. The van der Waals surface area contributed by atoms with Crippen LogP contribution in [0.25, 0.3) is 10.8 Å². The average Bonchev–Trinajstić information content (AvgIpc) is 3.18. The minimum absolute atomic E-state index is 0.117. The molecule has 0 saturated carbocycles. The fourth-order valence-corrected chi connectivity index (χ4v) is 4.41. The number of rotatable bonds is 4. The van der Waals surface area contributed by atoms with Gasteiger partial charge in [0.15, 0.2) is 5.82 Å². The standard InChI is InChI=1S/C23H25F3N4O3/c1-13-15(6-5-7-18(13)23(24,25)26)14(2)27-20-17-11-30(22(3)8-9-33-12-22)19(31)10-16(17)21(32)29(4)28-20/h5-7,10-11,14H,8-9,12H2,1-4H3,(H,27,28)/t14-,22+/m1/s1. The van der Waals surface area contributed by atoms with Crippen LogP contribution in [0.4, 0.5) is 19.0 Å². The summed E-state index contributed by atoms with van der Waals surface area (Å²) in [6.07, 6.45) is -2.23. The van der Waals surface area contributed by atoms with Crippen molar-refractivity contribution in [1.82, 2.24) is 14.3 Å². The number of nitrogens with zero attached hydrogens (tertiary/aromatic N) is 3. The zero-order chi connectivity index (χ0) is 24.1. The number of halogens is 3. The van der Waals surface area contributed by atoms with Crippen LogP contribution in [0.15, 0.2) is 40.1 Å². The van der Waals surface area contributed by atoms with Gasteiger partial charge in [0.1, 0.15) is 0 Å². The van der Waals surface area contributed by atoms with Crippen molar-refractivity contribution in [2.45, 2.75) is 44.9 Å². The normalized spacial score (nSPS) is 19.7. The van der Waals surface area contributed by atoms with Crippen LogP contribution in [0.3, 0.4) is 0 Å². The largest absolute Gasteiger partial charge is 0.416 e. The first kappa shape index (κ1) is 23.0. The van der Waals surface area contributed by atoms with Crippen LogP contribution in [0, 0.1) is 6.92 Å². The summed E-state index contributed by atoms with van der Waals surface area (Å²) in [6.45, 7) is 5.94. The molecule has 33 heavy (non-hydrogen) atoms. The summed E-state index contributed by atoms with van der Waals surface area (Å²) < 4.78 is 48.3. The summed E-state index contributed by atoms with van der Waals surface area (Å²) >= 11 is 0. The summed E-state index contributed by atoms with van der Waals surface area (Å²) in [6, 6.07) is 4.78. The van der Waals surface area contributed by atoms with E-state index >= 15 is 0 Å². The second-order valence-electron chi connectivity index (χ2n) is 8.77. The molecule has 176 valence electrons. The minimum Gasteiger partial charge on any atom is -0.379 e. The molecule has 0 spiro atoms. The Balaban J connectivity index is 1.84. The molecular weight excluding hydrogens is 437 g/mol. The van der Waals surface area contributed by atoms with Crippen molar-refractivity contribution in [2.24, 2.45) is 7.05 Å². The highest BCUT2D eigenvalue weighted by Crippen LogP contribution is 2.35. The Labute approximate surface area is 187 Å². The van der Waals surface area contributed by atoms with E-state index in [2.05, 4.69) is 10.4 Å². The SMILES string of the molecule is Cc1c([C@@H](C)Nc2nn(C)c(=O)c3cc(=O)n([C@@]4(C)CCOC4)cc23)cccc1C(F)(F)F. The van der Waals surface area contributed by atoms with Crippen LogP contribution in [-0.4, -0.2) is 27.6 Å². The van der Waals surface area contributed by atoms with Gasteiger partial charge in [0.05, 0.1) is 29.1 Å². The number of aryl methyl sites for hydroxylation is 1. The molecule has 1 aromatic carbocycles. The Morgan fingerprint density at radius 1 is 1.24 bits per heavy atom. The zero-order valence-electron chi connectivity index (χ0n) is 18.8. The van der Waals surface area contributed by atoms with Gasteiger partial charge in [0.25, 0.3) is 11.1 Å². The van der Waals surface area contributed by atoms with Gasteiger partial charge in [-0.25, -0.2) is 4.68 Å². The molecule has 1 aliphatic rings. The first-order valence-electron chi connectivity index (χ1n) is 10.6. The van der Waals surface area contributed by atoms with E-state index < -0.39 is 28.9 Å². The quantitative estimate of drug-likeness (QED) is 0.639. The number of aromatic nitrogens is 3. The van der Waals surface area contributed by atoms with Crippen molar-refractivity contribution in [3.05, 3.63) is 67.9 Å². The van der Waals surface area contributed by atoms with Gasteiger partial charge in [-0.1, -0.05) is 12.1 Å². The van der Waals surface area contributed by atoms with E-state index in [1.54, 1.807) is 23.8 Å². The number of anilines is 1. The fourth-order valence-electron chi connectivity index (χ4n) is 4.41. The lowest BCUT2D eigenvalue weighted by atomic mass is 9.97. The smallest absolute Gasteiger partial charge is 0.379 e. The van der Waals surface area contributed by atoms with Gasteiger partial charge < -0.3 is 14.6 Å². The van der Waals surface area contributed by atoms with Crippen molar-refractivity contribution in [1.29, 1.82) is 0 Å². The molecule has 1 fully saturated rings. The van der Waals surface area contributed by atoms with Crippen LogP contribution in [0.1, 0.15) is 43.0 Å². The van der Waals surface area contributed by atoms with Crippen molar-refractivity contribution in [2.75, 3.05) is 18.5 Å². The molecule has 3 aromatic rings. The summed E-state index contributed by atoms with van der Waals surface area (Å²) in [5.74, 6) is 0.299. The third-order valence-corrected chi connectivity index (χ3v) is 6.36. The number of hydrogen-bond donors (Lipinski definition) is 1. The lowest BCUT2D eigenvalue weighted by molar-refractivity contribution is -0.138. The van der Waals surface area contributed by atoms with Crippen LogP contribution in [-0.2, 0) is 23.5 Å². The van der Waals surface area contributed by atoms with Crippen molar-refractivity contribution in [3.8, 4) is 0 Å². The fraction of sp³-hybridized carbons (Fsp3) is 0.435. The molecule has 7 nitrogen and oxygen atoms in total. The Morgan fingerprint density at radius 3 is 2.61 bits per heavy atom.